The van der Waals surface area contributed by atoms with Crippen LogP contribution in [-0.2, 0) is 9.84 Å². The van der Waals surface area contributed by atoms with E-state index in [9.17, 15) is 8.42 Å². The quantitative estimate of drug-likeness (QED) is 0.798. The molecule has 1 aromatic rings. The molecule has 1 aliphatic heterocycles. The fourth-order valence-electron chi connectivity index (χ4n) is 1.84. The maximum atomic E-state index is 12.2. The zero-order chi connectivity index (χ0) is 14.8. The van der Waals surface area contributed by atoms with Gasteiger partial charge in [0.1, 0.15) is 5.37 Å². The van der Waals surface area contributed by atoms with Gasteiger partial charge in [-0.25, -0.2) is 8.42 Å². The van der Waals surface area contributed by atoms with Gasteiger partial charge in [0.2, 0.25) is 11.2 Å². The predicted molar refractivity (Wildman–Crippen MR) is 79.3 cm³/mol. The van der Waals surface area contributed by atoms with Crippen LogP contribution in [0, 0.1) is 0 Å². The van der Waals surface area contributed by atoms with Crippen molar-refractivity contribution in [1.29, 1.82) is 0 Å². The SMILES string of the molecule is CCS(=O)(=O)C1CSCCN1c1nc(Cl)nc(OC)n1. The first-order chi connectivity index (χ1) is 9.47. The second kappa shape index (κ2) is 6.31. The lowest BCUT2D eigenvalue weighted by Gasteiger charge is -2.34. The van der Waals surface area contributed by atoms with Crippen molar-refractivity contribution in [2.45, 2.75) is 12.3 Å². The van der Waals surface area contributed by atoms with Gasteiger partial charge in [-0.1, -0.05) is 6.92 Å². The van der Waals surface area contributed by atoms with Gasteiger partial charge in [0.25, 0.3) is 0 Å². The molecule has 112 valence electrons. The minimum atomic E-state index is -3.23. The maximum absolute atomic E-state index is 12.2. The number of methoxy groups -OCH3 is 1. The van der Waals surface area contributed by atoms with Crippen molar-refractivity contribution >= 4 is 39.1 Å². The Bertz CT molecular complexity index is 584. The van der Waals surface area contributed by atoms with E-state index >= 15 is 0 Å². The van der Waals surface area contributed by atoms with Crippen LogP contribution in [0.3, 0.4) is 0 Å². The number of hydrogen-bond acceptors (Lipinski definition) is 8. The summed E-state index contributed by atoms with van der Waals surface area (Å²) >= 11 is 7.42. The van der Waals surface area contributed by atoms with Gasteiger partial charge in [-0.05, 0) is 11.6 Å². The lowest BCUT2D eigenvalue weighted by atomic mass is 10.5. The predicted octanol–water partition coefficient (Wildman–Crippen LogP) is 0.848. The van der Waals surface area contributed by atoms with Gasteiger partial charge < -0.3 is 9.64 Å². The summed E-state index contributed by atoms with van der Waals surface area (Å²) in [6.45, 7) is 2.17. The van der Waals surface area contributed by atoms with Crippen molar-refractivity contribution in [3.05, 3.63) is 5.28 Å². The number of halogens is 1. The molecule has 10 heteroatoms. The van der Waals surface area contributed by atoms with Gasteiger partial charge in [-0.2, -0.15) is 26.7 Å². The average molecular weight is 339 g/mol. The van der Waals surface area contributed by atoms with Crippen LogP contribution in [0.1, 0.15) is 6.92 Å². The molecule has 0 aliphatic carbocycles. The molecule has 1 atom stereocenters. The summed E-state index contributed by atoms with van der Waals surface area (Å²) in [4.78, 5) is 13.6. The lowest BCUT2D eigenvalue weighted by molar-refractivity contribution is 0.378. The molecule has 7 nitrogen and oxygen atoms in total. The number of sulfone groups is 1. The van der Waals surface area contributed by atoms with Crippen LogP contribution in [-0.4, -0.2) is 59.7 Å². The molecule has 1 saturated heterocycles. The smallest absolute Gasteiger partial charge is 0.322 e. The van der Waals surface area contributed by atoms with E-state index in [1.807, 2.05) is 0 Å². The number of nitrogens with zero attached hydrogens (tertiary/aromatic N) is 4. The Kier molecular flexibility index (Phi) is 4.92. The Balaban J connectivity index is 2.40. The Morgan fingerprint density at radius 1 is 1.45 bits per heavy atom. The molecule has 20 heavy (non-hydrogen) atoms. The van der Waals surface area contributed by atoms with Gasteiger partial charge in [0.15, 0.2) is 9.84 Å². The third-order valence-corrected chi connectivity index (χ3v) is 6.37. The summed E-state index contributed by atoms with van der Waals surface area (Å²) in [6, 6.07) is 0.0749. The van der Waals surface area contributed by atoms with Crippen molar-refractivity contribution in [2.24, 2.45) is 0 Å². The summed E-state index contributed by atoms with van der Waals surface area (Å²) in [5.41, 5.74) is 0. The Morgan fingerprint density at radius 3 is 2.85 bits per heavy atom. The van der Waals surface area contributed by atoms with Crippen LogP contribution < -0.4 is 9.64 Å². The molecule has 0 spiro atoms. The molecule has 2 heterocycles. The second-order valence-electron chi connectivity index (χ2n) is 4.07. The van der Waals surface area contributed by atoms with Crippen LogP contribution in [0.15, 0.2) is 0 Å². The van der Waals surface area contributed by atoms with Crippen LogP contribution in [0.4, 0.5) is 5.95 Å². The van der Waals surface area contributed by atoms with Crippen molar-refractivity contribution in [1.82, 2.24) is 15.0 Å². The molecule has 2 rings (SSSR count). The summed E-state index contributed by atoms with van der Waals surface area (Å²) in [6.07, 6.45) is 0. The minimum Gasteiger partial charge on any atom is -0.467 e. The first-order valence-electron chi connectivity index (χ1n) is 5.99. The minimum absolute atomic E-state index is 0.0160. The van der Waals surface area contributed by atoms with Crippen LogP contribution in [0.5, 0.6) is 6.01 Å². The van der Waals surface area contributed by atoms with Gasteiger partial charge >= 0.3 is 6.01 Å². The first kappa shape index (κ1) is 15.6. The molecule has 0 radical (unpaired) electrons. The fourth-order valence-corrected chi connectivity index (χ4v) is 4.95. The largest absolute Gasteiger partial charge is 0.467 e. The Morgan fingerprint density at radius 2 is 2.20 bits per heavy atom. The topological polar surface area (TPSA) is 85.3 Å². The van der Waals surface area contributed by atoms with Crippen LogP contribution in [0.25, 0.3) is 0 Å². The van der Waals surface area contributed by atoms with E-state index in [1.54, 1.807) is 23.6 Å². The summed E-state index contributed by atoms with van der Waals surface area (Å²) in [7, 11) is -1.81. The molecule has 0 amide bonds. The van der Waals surface area contributed by atoms with E-state index in [4.69, 9.17) is 16.3 Å². The van der Waals surface area contributed by atoms with Crippen molar-refractivity contribution in [3.8, 4) is 6.01 Å². The number of aromatic nitrogens is 3. The molecule has 0 bridgehead atoms. The standard InChI is InChI=1S/C10H15ClN4O3S2/c1-3-20(16,17)7-6-19-5-4-15(7)9-12-8(11)13-10(14-9)18-2/h7H,3-6H2,1-2H3. The highest BCUT2D eigenvalue weighted by molar-refractivity contribution is 8.01. The molecule has 0 aromatic carbocycles. The Labute approximate surface area is 127 Å². The highest BCUT2D eigenvalue weighted by atomic mass is 35.5. The highest BCUT2D eigenvalue weighted by Gasteiger charge is 2.34. The molecule has 1 fully saturated rings. The van der Waals surface area contributed by atoms with Gasteiger partial charge in [-0.3, -0.25) is 0 Å². The molecule has 1 unspecified atom stereocenters. The van der Waals surface area contributed by atoms with Crippen molar-refractivity contribution < 1.29 is 13.2 Å². The van der Waals surface area contributed by atoms with E-state index in [-0.39, 0.29) is 23.0 Å². The third-order valence-electron chi connectivity index (χ3n) is 2.92. The van der Waals surface area contributed by atoms with Gasteiger partial charge in [-0.15, -0.1) is 0 Å². The second-order valence-corrected chi connectivity index (χ2v) is 8.00. The molecular weight excluding hydrogens is 324 g/mol. The number of hydrogen-bond donors (Lipinski definition) is 0. The molecule has 1 aliphatic rings. The van der Waals surface area contributed by atoms with E-state index in [2.05, 4.69) is 15.0 Å². The van der Waals surface area contributed by atoms with Crippen LogP contribution >= 0.6 is 23.4 Å². The zero-order valence-corrected chi connectivity index (χ0v) is 13.5. The van der Waals surface area contributed by atoms with Gasteiger partial charge in [0, 0.05) is 23.8 Å². The molecule has 1 aromatic heterocycles. The van der Waals surface area contributed by atoms with Crippen molar-refractivity contribution in [2.75, 3.05) is 35.8 Å². The molecule has 0 N–H and O–H groups in total. The first-order valence-corrected chi connectivity index (χ1v) is 9.24. The summed E-state index contributed by atoms with van der Waals surface area (Å²) in [5, 5.41) is -0.660. The van der Waals surface area contributed by atoms with E-state index in [1.165, 1.54) is 7.11 Å². The highest BCUT2D eigenvalue weighted by Crippen LogP contribution is 2.26. The lowest BCUT2D eigenvalue weighted by Crippen LogP contribution is -2.48. The third kappa shape index (κ3) is 3.26. The van der Waals surface area contributed by atoms with Gasteiger partial charge in [0.05, 0.1) is 7.11 Å². The fraction of sp³-hybridized carbons (Fsp3) is 0.700. The number of anilines is 1. The van der Waals surface area contributed by atoms with E-state index < -0.39 is 15.2 Å². The van der Waals surface area contributed by atoms with Crippen LogP contribution in [0.2, 0.25) is 5.28 Å². The number of thioether (sulfide) groups is 1. The monoisotopic (exact) mass is 338 g/mol. The number of ether oxygens (including phenoxy) is 1. The van der Waals surface area contributed by atoms with E-state index in [0.717, 1.165) is 5.75 Å². The van der Waals surface area contributed by atoms with E-state index in [0.29, 0.717) is 12.3 Å². The Hall–Kier alpha value is -0.800. The number of rotatable bonds is 4. The summed E-state index contributed by atoms with van der Waals surface area (Å²) < 4.78 is 29.3. The maximum Gasteiger partial charge on any atom is 0.322 e. The average Bonchev–Trinajstić information content (AvgIpc) is 2.46. The molecule has 0 saturated carbocycles. The normalized spacial score (nSPS) is 19.9. The zero-order valence-electron chi connectivity index (χ0n) is 11.1. The molecular formula is C10H15ClN4O3S2. The summed E-state index contributed by atoms with van der Waals surface area (Å²) in [5.74, 6) is 1.61. The van der Waals surface area contributed by atoms with Crippen molar-refractivity contribution in [3.63, 3.8) is 0 Å².